The van der Waals surface area contributed by atoms with Gasteiger partial charge in [-0.1, -0.05) is 36.2 Å². The third-order valence-electron chi connectivity index (χ3n) is 3.48. The monoisotopic (exact) mass is 302 g/mol. The average molecular weight is 303 g/mol. The Kier molecular flexibility index (Phi) is 5.76. The molecule has 1 heterocycles. The zero-order valence-electron chi connectivity index (χ0n) is 11.2. The van der Waals surface area contributed by atoms with Crippen molar-refractivity contribution in [2.45, 2.75) is 6.92 Å². The van der Waals surface area contributed by atoms with Crippen molar-refractivity contribution in [2.75, 3.05) is 45.9 Å². The second-order valence-corrected chi connectivity index (χ2v) is 5.49. The van der Waals surface area contributed by atoms with Crippen LogP contribution in [0.4, 0.5) is 0 Å². The molecular weight excluding hydrogens is 283 g/mol. The molecule has 106 valence electrons. The van der Waals surface area contributed by atoms with Gasteiger partial charge in [-0.15, -0.1) is 0 Å². The summed E-state index contributed by atoms with van der Waals surface area (Å²) < 4.78 is 5.70. The van der Waals surface area contributed by atoms with Gasteiger partial charge in [0.2, 0.25) is 0 Å². The minimum absolute atomic E-state index is 0.573. The van der Waals surface area contributed by atoms with E-state index in [2.05, 4.69) is 16.7 Å². The van der Waals surface area contributed by atoms with E-state index >= 15 is 0 Å². The molecule has 0 amide bonds. The lowest BCUT2D eigenvalue weighted by Gasteiger charge is -2.33. The van der Waals surface area contributed by atoms with Crippen LogP contribution in [0.3, 0.4) is 0 Å². The molecular formula is C14H20Cl2N2O. The molecule has 1 aliphatic rings. The van der Waals surface area contributed by atoms with Crippen molar-refractivity contribution >= 4 is 23.2 Å². The fourth-order valence-corrected chi connectivity index (χ4v) is 2.73. The normalized spacial score (nSPS) is 17.6. The smallest absolute Gasteiger partial charge is 0.156 e. The Hall–Kier alpha value is -0.480. The van der Waals surface area contributed by atoms with Crippen LogP contribution >= 0.6 is 23.2 Å². The fraction of sp³-hybridized carbons (Fsp3) is 0.571. The van der Waals surface area contributed by atoms with Crippen LogP contribution in [-0.2, 0) is 0 Å². The zero-order chi connectivity index (χ0) is 13.7. The van der Waals surface area contributed by atoms with Gasteiger partial charge in [-0.3, -0.25) is 4.90 Å². The van der Waals surface area contributed by atoms with Gasteiger partial charge < -0.3 is 9.64 Å². The lowest BCUT2D eigenvalue weighted by atomic mass is 10.3. The Morgan fingerprint density at radius 1 is 1.05 bits per heavy atom. The quantitative estimate of drug-likeness (QED) is 0.831. The average Bonchev–Trinajstić information content (AvgIpc) is 2.43. The van der Waals surface area contributed by atoms with E-state index in [0.717, 1.165) is 39.3 Å². The highest BCUT2D eigenvalue weighted by atomic mass is 35.5. The van der Waals surface area contributed by atoms with E-state index in [1.54, 1.807) is 12.1 Å². The van der Waals surface area contributed by atoms with E-state index in [1.165, 1.54) is 0 Å². The van der Waals surface area contributed by atoms with Gasteiger partial charge in [0.25, 0.3) is 0 Å². The maximum absolute atomic E-state index is 6.06. The minimum atomic E-state index is 0.573. The molecule has 0 N–H and O–H groups in total. The summed E-state index contributed by atoms with van der Waals surface area (Å²) >= 11 is 12.1. The van der Waals surface area contributed by atoms with Gasteiger partial charge in [0, 0.05) is 32.7 Å². The van der Waals surface area contributed by atoms with Crippen molar-refractivity contribution in [3.05, 3.63) is 28.2 Å². The molecule has 5 heteroatoms. The molecule has 0 aromatic heterocycles. The number of piperazine rings is 1. The molecule has 0 spiro atoms. The highest BCUT2D eigenvalue weighted by molar-refractivity contribution is 6.37. The molecule has 1 aromatic carbocycles. The molecule has 2 rings (SSSR count). The molecule has 3 nitrogen and oxygen atoms in total. The Labute approximate surface area is 125 Å². The second kappa shape index (κ2) is 7.34. The van der Waals surface area contributed by atoms with E-state index < -0.39 is 0 Å². The number of ether oxygens (including phenoxy) is 1. The van der Waals surface area contributed by atoms with Crippen LogP contribution < -0.4 is 4.74 Å². The number of rotatable bonds is 5. The topological polar surface area (TPSA) is 15.7 Å². The van der Waals surface area contributed by atoms with Gasteiger partial charge in [-0.05, 0) is 18.7 Å². The number of benzene rings is 1. The van der Waals surface area contributed by atoms with Crippen LogP contribution in [0.25, 0.3) is 0 Å². The number of hydrogen-bond donors (Lipinski definition) is 0. The summed E-state index contributed by atoms with van der Waals surface area (Å²) in [5.41, 5.74) is 0. The summed E-state index contributed by atoms with van der Waals surface area (Å²) in [6.45, 7) is 9.38. The van der Waals surface area contributed by atoms with E-state index in [1.807, 2.05) is 6.07 Å². The van der Waals surface area contributed by atoms with Crippen molar-refractivity contribution in [3.63, 3.8) is 0 Å². The number of hydrogen-bond acceptors (Lipinski definition) is 3. The summed E-state index contributed by atoms with van der Waals surface area (Å²) in [4.78, 5) is 4.87. The highest BCUT2D eigenvalue weighted by Gasteiger charge is 2.15. The van der Waals surface area contributed by atoms with Crippen molar-refractivity contribution in [3.8, 4) is 5.75 Å². The Balaban J connectivity index is 1.75. The van der Waals surface area contributed by atoms with Crippen LogP contribution in [0, 0.1) is 0 Å². The lowest BCUT2D eigenvalue weighted by Crippen LogP contribution is -2.47. The Bertz CT molecular complexity index is 386. The largest absolute Gasteiger partial charge is 0.489 e. The van der Waals surface area contributed by atoms with Gasteiger partial charge in [0.05, 0.1) is 10.0 Å². The number of likely N-dealkylation sites (N-methyl/N-ethyl adjacent to an activating group) is 1. The molecule has 0 unspecified atom stereocenters. The number of para-hydroxylation sites is 1. The van der Waals surface area contributed by atoms with E-state index in [9.17, 15) is 0 Å². The predicted octanol–water partition coefficient (Wildman–Crippen LogP) is 3.01. The summed E-state index contributed by atoms with van der Waals surface area (Å²) in [7, 11) is 0. The molecule has 0 atom stereocenters. The molecule has 0 saturated carbocycles. The van der Waals surface area contributed by atoms with Gasteiger partial charge in [0.1, 0.15) is 6.61 Å². The summed E-state index contributed by atoms with van der Waals surface area (Å²) in [5.74, 6) is 0.595. The molecule has 0 radical (unpaired) electrons. The molecule has 1 saturated heterocycles. The lowest BCUT2D eigenvalue weighted by molar-refractivity contribution is 0.121. The van der Waals surface area contributed by atoms with Crippen LogP contribution in [0.5, 0.6) is 5.75 Å². The highest BCUT2D eigenvalue weighted by Crippen LogP contribution is 2.32. The number of nitrogens with zero attached hydrogens (tertiary/aromatic N) is 2. The predicted molar refractivity (Wildman–Crippen MR) is 80.5 cm³/mol. The summed E-state index contributed by atoms with van der Waals surface area (Å²) in [6.07, 6.45) is 0. The van der Waals surface area contributed by atoms with Gasteiger partial charge >= 0.3 is 0 Å². The van der Waals surface area contributed by atoms with E-state index in [0.29, 0.717) is 22.4 Å². The second-order valence-electron chi connectivity index (χ2n) is 4.68. The van der Waals surface area contributed by atoms with Crippen molar-refractivity contribution in [1.29, 1.82) is 0 Å². The SMILES string of the molecule is CCN1CCN(CCOc2c(Cl)cccc2Cl)CC1. The molecule has 19 heavy (non-hydrogen) atoms. The van der Waals surface area contributed by atoms with Crippen LogP contribution in [-0.4, -0.2) is 55.7 Å². The first kappa shape index (κ1) is 14.9. The third-order valence-corrected chi connectivity index (χ3v) is 4.08. The van der Waals surface area contributed by atoms with E-state index in [-0.39, 0.29) is 0 Å². The zero-order valence-corrected chi connectivity index (χ0v) is 12.8. The molecule has 0 aliphatic carbocycles. The number of halogens is 2. The standard InChI is InChI=1S/C14H20Cl2N2O/c1-2-17-6-8-18(9-7-17)10-11-19-14-12(15)4-3-5-13(14)16/h3-5H,2,6-11H2,1H3. The first-order chi connectivity index (χ1) is 9.20. The Morgan fingerprint density at radius 2 is 1.63 bits per heavy atom. The fourth-order valence-electron chi connectivity index (χ4n) is 2.23. The van der Waals surface area contributed by atoms with Gasteiger partial charge in [0.15, 0.2) is 5.75 Å². The summed E-state index contributed by atoms with van der Waals surface area (Å²) in [6, 6.07) is 5.41. The minimum Gasteiger partial charge on any atom is -0.489 e. The van der Waals surface area contributed by atoms with Crippen molar-refractivity contribution in [2.24, 2.45) is 0 Å². The van der Waals surface area contributed by atoms with Crippen molar-refractivity contribution in [1.82, 2.24) is 9.80 Å². The van der Waals surface area contributed by atoms with Crippen LogP contribution in [0.2, 0.25) is 10.0 Å². The summed E-state index contributed by atoms with van der Waals surface area (Å²) in [5, 5.41) is 1.15. The van der Waals surface area contributed by atoms with E-state index in [4.69, 9.17) is 27.9 Å². The van der Waals surface area contributed by atoms with Crippen LogP contribution in [0.1, 0.15) is 6.92 Å². The molecule has 1 fully saturated rings. The van der Waals surface area contributed by atoms with Crippen molar-refractivity contribution < 1.29 is 4.74 Å². The van der Waals surface area contributed by atoms with Crippen LogP contribution in [0.15, 0.2) is 18.2 Å². The molecule has 1 aliphatic heterocycles. The molecule has 1 aromatic rings. The Morgan fingerprint density at radius 3 is 2.21 bits per heavy atom. The maximum atomic E-state index is 6.06. The van der Waals surface area contributed by atoms with Gasteiger partial charge in [-0.2, -0.15) is 0 Å². The molecule has 0 bridgehead atoms. The third kappa shape index (κ3) is 4.25. The van der Waals surface area contributed by atoms with Gasteiger partial charge in [-0.25, -0.2) is 0 Å². The first-order valence-corrected chi connectivity index (χ1v) is 7.48. The maximum Gasteiger partial charge on any atom is 0.156 e. The first-order valence-electron chi connectivity index (χ1n) is 6.72.